The molecule has 0 spiro atoms. The standard InChI is InChI=1S/C14H5F5N2OS/c15-5-1-2-6(16)12(19)11(5)13(22)21-14-20-9-3-7(17)8(18)4-10(9)23-14/h1-4H,(H,20,21,22). The number of nitrogens with one attached hydrogen (secondary N) is 1. The highest BCUT2D eigenvalue weighted by Crippen LogP contribution is 2.28. The van der Waals surface area contributed by atoms with E-state index in [9.17, 15) is 26.7 Å². The molecule has 9 heteroatoms. The summed E-state index contributed by atoms with van der Waals surface area (Å²) in [6, 6.07) is 2.85. The average molecular weight is 344 g/mol. The van der Waals surface area contributed by atoms with Gasteiger partial charge in [0, 0.05) is 6.07 Å². The molecule has 0 saturated carbocycles. The molecule has 1 N–H and O–H groups in total. The molecule has 0 aliphatic heterocycles. The predicted molar refractivity (Wildman–Crippen MR) is 73.8 cm³/mol. The Kier molecular flexibility index (Phi) is 3.72. The number of aromatic nitrogens is 1. The lowest BCUT2D eigenvalue weighted by molar-refractivity contribution is 0.101. The third-order valence-corrected chi connectivity index (χ3v) is 3.86. The van der Waals surface area contributed by atoms with Gasteiger partial charge in [-0.05, 0) is 18.2 Å². The van der Waals surface area contributed by atoms with Crippen molar-refractivity contribution in [1.82, 2.24) is 4.98 Å². The number of carbonyl (C=O) groups is 1. The molecule has 0 aliphatic rings. The molecule has 0 unspecified atom stereocenters. The van der Waals surface area contributed by atoms with Crippen molar-refractivity contribution in [3.8, 4) is 0 Å². The number of benzene rings is 2. The number of hydrogen-bond donors (Lipinski definition) is 1. The van der Waals surface area contributed by atoms with Crippen LogP contribution in [0.4, 0.5) is 27.1 Å². The van der Waals surface area contributed by atoms with Crippen LogP contribution in [-0.4, -0.2) is 10.9 Å². The van der Waals surface area contributed by atoms with Gasteiger partial charge in [0.25, 0.3) is 5.91 Å². The molecule has 0 fully saturated rings. The van der Waals surface area contributed by atoms with E-state index in [4.69, 9.17) is 0 Å². The van der Waals surface area contributed by atoms with Gasteiger partial charge in [0.05, 0.1) is 10.2 Å². The Morgan fingerprint density at radius 1 is 0.957 bits per heavy atom. The third-order valence-electron chi connectivity index (χ3n) is 2.92. The second kappa shape index (κ2) is 5.58. The van der Waals surface area contributed by atoms with Crippen molar-refractivity contribution in [2.75, 3.05) is 5.32 Å². The van der Waals surface area contributed by atoms with Gasteiger partial charge in [-0.25, -0.2) is 26.9 Å². The summed E-state index contributed by atoms with van der Waals surface area (Å²) in [5.41, 5.74) is -1.05. The molecular weight excluding hydrogens is 339 g/mol. The van der Waals surface area contributed by atoms with Crippen molar-refractivity contribution in [2.24, 2.45) is 0 Å². The van der Waals surface area contributed by atoms with E-state index in [0.717, 1.165) is 23.5 Å². The number of fused-ring (bicyclic) bond motifs is 1. The summed E-state index contributed by atoms with van der Waals surface area (Å²) >= 11 is 0.771. The largest absolute Gasteiger partial charge is 0.298 e. The summed E-state index contributed by atoms with van der Waals surface area (Å²) in [5.74, 6) is -7.76. The minimum Gasteiger partial charge on any atom is -0.298 e. The second-order valence-electron chi connectivity index (χ2n) is 4.43. The normalized spacial score (nSPS) is 11.0. The quantitative estimate of drug-likeness (QED) is 0.558. The highest BCUT2D eigenvalue weighted by molar-refractivity contribution is 7.22. The summed E-state index contributed by atoms with van der Waals surface area (Å²) in [5, 5.41) is 1.93. The molecule has 0 bridgehead atoms. The predicted octanol–water partition coefficient (Wildman–Crippen LogP) is 4.24. The van der Waals surface area contributed by atoms with Crippen LogP contribution < -0.4 is 5.32 Å². The Morgan fingerprint density at radius 2 is 1.61 bits per heavy atom. The Balaban J connectivity index is 1.96. The SMILES string of the molecule is O=C(Nc1nc2cc(F)c(F)cc2s1)c1c(F)ccc(F)c1F. The third kappa shape index (κ3) is 2.74. The van der Waals surface area contributed by atoms with Gasteiger partial charge in [-0.15, -0.1) is 0 Å². The van der Waals surface area contributed by atoms with Crippen LogP contribution in [0.3, 0.4) is 0 Å². The molecule has 2 aromatic carbocycles. The topological polar surface area (TPSA) is 42.0 Å². The number of carbonyl (C=O) groups excluding carboxylic acids is 1. The fraction of sp³-hybridized carbons (Fsp3) is 0. The molecule has 3 nitrogen and oxygen atoms in total. The molecule has 0 atom stereocenters. The maximum atomic E-state index is 13.5. The van der Waals surface area contributed by atoms with Crippen LogP contribution in [0.2, 0.25) is 0 Å². The Hall–Kier alpha value is -2.55. The van der Waals surface area contributed by atoms with Gasteiger partial charge in [-0.3, -0.25) is 10.1 Å². The Morgan fingerprint density at radius 3 is 2.35 bits per heavy atom. The van der Waals surface area contributed by atoms with Gasteiger partial charge >= 0.3 is 0 Å². The lowest BCUT2D eigenvalue weighted by Gasteiger charge is -2.05. The molecule has 0 radical (unpaired) electrons. The van der Waals surface area contributed by atoms with Crippen molar-refractivity contribution in [1.29, 1.82) is 0 Å². The first kappa shape index (κ1) is 15.3. The van der Waals surface area contributed by atoms with Crippen molar-refractivity contribution in [2.45, 2.75) is 0 Å². The molecule has 0 aliphatic carbocycles. The van der Waals surface area contributed by atoms with Gasteiger partial charge in [0.15, 0.2) is 28.4 Å². The molecule has 1 amide bonds. The maximum absolute atomic E-state index is 13.5. The van der Waals surface area contributed by atoms with Crippen molar-refractivity contribution >= 4 is 32.6 Å². The molecule has 118 valence electrons. The number of halogens is 5. The number of rotatable bonds is 2. The number of amides is 1. The first-order chi connectivity index (χ1) is 10.9. The number of anilines is 1. The minimum atomic E-state index is -1.64. The number of nitrogens with zero attached hydrogens (tertiary/aromatic N) is 1. The maximum Gasteiger partial charge on any atom is 0.263 e. The van der Waals surface area contributed by atoms with Crippen molar-refractivity contribution < 1.29 is 26.7 Å². The minimum absolute atomic E-state index is 0.0596. The fourth-order valence-electron chi connectivity index (χ4n) is 1.87. The van der Waals surface area contributed by atoms with E-state index in [1.165, 1.54) is 0 Å². The van der Waals surface area contributed by atoms with E-state index in [1.807, 2.05) is 0 Å². The Bertz CT molecular complexity index is 902. The summed E-state index contributed by atoms with van der Waals surface area (Å²) < 4.78 is 66.6. The molecule has 3 aromatic rings. The monoisotopic (exact) mass is 344 g/mol. The summed E-state index contributed by atoms with van der Waals surface area (Å²) in [6.07, 6.45) is 0. The first-order valence-corrected chi connectivity index (χ1v) is 6.89. The van der Waals surface area contributed by atoms with Crippen LogP contribution in [0.5, 0.6) is 0 Å². The van der Waals surface area contributed by atoms with E-state index in [0.29, 0.717) is 12.1 Å². The molecule has 0 saturated heterocycles. The van der Waals surface area contributed by atoms with E-state index in [2.05, 4.69) is 10.3 Å². The fourth-order valence-corrected chi connectivity index (χ4v) is 2.74. The molecule has 3 rings (SSSR count). The zero-order valence-corrected chi connectivity index (χ0v) is 11.8. The number of thiazole rings is 1. The van der Waals surface area contributed by atoms with Crippen LogP contribution in [0.25, 0.3) is 10.2 Å². The lowest BCUT2D eigenvalue weighted by atomic mass is 10.2. The van der Waals surface area contributed by atoms with Gasteiger partial charge in [0.2, 0.25) is 0 Å². The number of hydrogen-bond acceptors (Lipinski definition) is 3. The van der Waals surface area contributed by atoms with E-state index >= 15 is 0 Å². The van der Waals surface area contributed by atoms with E-state index < -0.39 is 40.6 Å². The van der Waals surface area contributed by atoms with Gasteiger partial charge in [-0.2, -0.15) is 0 Å². The average Bonchev–Trinajstić information content (AvgIpc) is 2.85. The highest BCUT2D eigenvalue weighted by atomic mass is 32.1. The van der Waals surface area contributed by atoms with Crippen LogP contribution in [0.1, 0.15) is 10.4 Å². The van der Waals surface area contributed by atoms with Crippen LogP contribution in [-0.2, 0) is 0 Å². The Labute approximate surface area is 129 Å². The van der Waals surface area contributed by atoms with Crippen LogP contribution in [0.15, 0.2) is 24.3 Å². The molecule has 1 aromatic heterocycles. The lowest BCUT2D eigenvalue weighted by Crippen LogP contribution is -2.16. The van der Waals surface area contributed by atoms with Gasteiger partial charge < -0.3 is 0 Å². The van der Waals surface area contributed by atoms with Crippen molar-refractivity contribution in [3.05, 3.63) is 58.9 Å². The zero-order valence-electron chi connectivity index (χ0n) is 11.0. The van der Waals surface area contributed by atoms with E-state index in [1.54, 1.807) is 0 Å². The highest BCUT2D eigenvalue weighted by Gasteiger charge is 2.22. The zero-order chi connectivity index (χ0) is 16.7. The van der Waals surface area contributed by atoms with Crippen LogP contribution >= 0.6 is 11.3 Å². The van der Waals surface area contributed by atoms with Gasteiger partial charge in [-0.1, -0.05) is 11.3 Å². The second-order valence-corrected chi connectivity index (χ2v) is 5.46. The van der Waals surface area contributed by atoms with Crippen LogP contribution in [0, 0.1) is 29.1 Å². The molecule has 23 heavy (non-hydrogen) atoms. The summed E-state index contributed by atoms with van der Waals surface area (Å²) in [7, 11) is 0. The molecular formula is C14H5F5N2OS. The summed E-state index contributed by atoms with van der Waals surface area (Å²) in [4.78, 5) is 15.7. The first-order valence-electron chi connectivity index (χ1n) is 6.07. The van der Waals surface area contributed by atoms with Gasteiger partial charge in [0.1, 0.15) is 11.4 Å². The summed E-state index contributed by atoms with van der Waals surface area (Å²) in [6.45, 7) is 0. The van der Waals surface area contributed by atoms with E-state index in [-0.39, 0.29) is 15.3 Å². The molecule has 1 heterocycles. The smallest absolute Gasteiger partial charge is 0.263 e. The van der Waals surface area contributed by atoms with Crippen molar-refractivity contribution in [3.63, 3.8) is 0 Å².